The van der Waals surface area contributed by atoms with Gasteiger partial charge in [-0.15, -0.1) is 0 Å². The Kier molecular flexibility index (Phi) is 38.9. The van der Waals surface area contributed by atoms with Gasteiger partial charge in [-0.05, 0) is 60.8 Å². The minimum absolute atomic E-state index is 0.00961. The number of unbranched alkanes of at least 4 members (excludes halogenated alkanes) is 14. The lowest BCUT2D eigenvalue weighted by Gasteiger charge is -2.32. The Bertz CT molecular complexity index is 2690. The van der Waals surface area contributed by atoms with Gasteiger partial charge in [0.1, 0.15) is 0 Å². The van der Waals surface area contributed by atoms with Crippen LogP contribution in [-0.4, -0.2) is 199 Å². The molecule has 0 saturated carbocycles. The fourth-order valence-electron chi connectivity index (χ4n) is 10.9. The number of nitrogens with two attached hydrogens (primary N) is 3. The van der Waals surface area contributed by atoms with E-state index in [-0.39, 0.29) is 84.4 Å². The third-order valence-corrected chi connectivity index (χ3v) is 16.4. The summed E-state index contributed by atoms with van der Waals surface area (Å²) in [7, 11) is 0. The van der Waals surface area contributed by atoms with Gasteiger partial charge in [0, 0.05) is 65.4 Å². The van der Waals surface area contributed by atoms with Crippen molar-refractivity contribution in [3.63, 3.8) is 0 Å². The van der Waals surface area contributed by atoms with Crippen molar-refractivity contribution in [3.8, 4) is 0 Å². The SMILES string of the molecule is CCCCCCCCCCN(CC(N)=O)C(=O)CN(CCCCCCCCCC)C(=O)CN(CCc1ccccc1)C(=O)CN(CCc1ccccc1)C(=O)CN(CCN)C(=O)CN(CCc1ccccc1)C(=O)CN(CCc1ccccc1)C(=O)CNCCN. The number of rotatable bonds is 50. The van der Waals surface area contributed by atoms with E-state index in [1.807, 2.05) is 121 Å². The molecule has 0 radical (unpaired) electrons. The van der Waals surface area contributed by atoms with Crippen molar-refractivity contribution in [2.75, 3.05) is 118 Å². The minimum Gasteiger partial charge on any atom is -0.368 e. The molecule has 0 bridgehead atoms. The van der Waals surface area contributed by atoms with E-state index < -0.39 is 61.0 Å². The van der Waals surface area contributed by atoms with Crippen LogP contribution in [0.1, 0.15) is 139 Å². The molecule has 0 saturated heterocycles. The van der Waals surface area contributed by atoms with E-state index in [0.717, 1.165) is 80.0 Å². The average Bonchev–Trinajstić information content (AvgIpc) is 2.81. The van der Waals surface area contributed by atoms with Gasteiger partial charge in [-0.3, -0.25) is 38.4 Å². The van der Waals surface area contributed by atoms with E-state index in [1.165, 1.54) is 66.4 Å². The molecule has 7 N–H and O–H groups in total. The lowest BCUT2D eigenvalue weighted by atomic mass is 10.1. The summed E-state index contributed by atoms with van der Waals surface area (Å²) >= 11 is 0. The van der Waals surface area contributed by atoms with E-state index in [0.29, 0.717) is 58.2 Å². The molecule has 0 fully saturated rings. The number of carbonyl (C=O) groups excluding carboxylic acids is 8. The molecule has 0 unspecified atom stereocenters. The predicted octanol–water partition coefficient (Wildman–Crippen LogP) is 7.03. The van der Waals surface area contributed by atoms with E-state index in [2.05, 4.69) is 19.2 Å². The molecule has 4 aromatic rings. The fraction of sp³-hybridized carbons (Fsp3) is 0.556. The molecule has 8 amide bonds. The number of benzene rings is 4. The van der Waals surface area contributed by atoms with Gasteiger partial charge in [0.15, 0.2) is 0 Å². The summed E-state index contributed by atoms with van der Waals surface area (Å²) in [4.78, 5) is 125. The van der Waals surface area contributed by atoms with Crippen molar-refractivity contribution < 1.29 is 38.4 Å². The largest absolute Gasteiger partial charge is 0.368 e. The second-order valence-corrected chi connectivity index (χ2v) is 23.8. The second-order valence-electron chi connectivity index (χ2n) is 23.8. The van der Waals surface area contributed by atoms with Gasteiger partial charge in [0.25, 0.3) is 0 Å². The van der Waals surface area contributed by atoms with Crippen LogP contribution >= 0.6 is 0 Å². The molecule has 500 valence electrons. The maximum absolute atomic E-state index is 15.1. The number of hydrogen-bond acceptors (Lipinski definition) is 11. The number of nitrogens with zero attached hydrogens (tertiary/aromatic N) is 7. The molecule has 19 heteroatoms. The van der Waals surface area contributed by atoms with Gasteiger partial charge in [-0.25, -0.2) is 0 Å². The van der Waals surface area contributed by atoms with Crippen molar-refractivity contribution in [2.24, 2.45) is 17.2 Å². The first-order valence-electron chi connectivity index (χ1n) is 33.7. The van der Waals surface area contributed by atoms with Crippen LogP contribution in [0.2, 0.25) is 0 Å². The molecule has 0 aliphatic heterocycles. The van der Waals surface area contributed by atoms with E-state index in [4.69, 9.17) is 17.2 Å². The van der Waals surface area contributed by atoms with Crippen LogP contribution in [0, 0.1) is 0 Å². The molecule has 19 nitrogen and oxygen atoms in total. The van der Waals surface area contributed by atoms with Crippen LogP contribution in [0.5, 0.6) is 0 Å². The average molecular weight is 1260 g/mol. The Hall–Kier alpha value is -7.48. The molecule has 4 aromatic carbocycles. The molecule has 4 rings (SSSR count). The monoisotopic (exact) mass is 1260 g/mol. The molecular formula is C72H109N11O8. The minimum atomic E-state index is -0.640. The lowest BCUT2D eigenvalue weighted by Crippen LogP contribution is -2.53. The normalized spacial score (nSPS) is 11.0. The zero-order valence-electron chi connectivity index (χ0n) is 55.0. The highest BCUT2D eigenvalue weighted by molar-refractivity contribution is 5.93. The Balaban J connectivity index is 1.63. The van der Waals surface area contributed by atoms with Crippen molar-refractivity contribution in [1.29, 1.82) is 0 Å². The molecular weight excluding hydrogens is 1150 g/mol. The molecule has 0 spiro atoms. The molecule has 0 heterocycles. The zero-order chi connectivity index (χ0) is 65.7. The van der Waals surface area contributed by atoms with Crippen molar-refractivity contribution in [3.05, 3.63) is 144 Å². The van der Waals surface area contributed by atoms with Crippen LogP contribution < -0.4 is 22.5 Å². The summed E-state index contributed by atoms with van der Waals surface area (Å²) in [5.74, 6) is -3.82. The number of hydrogen-bond donors (Lipinski definition) is 4. The van der Waals surface area contributed by atoms with E-state index in [9.17, 15) is 33.6 Å². The van der Waals surface area contributed by atoms with Gasteiger partial charge in [0.2, 0.25) is 47.3 Å². The summed E-state index contributed by atoms with van der Waals surface area (Å²) in [5, 5.41) is 3.04. The van der Waals surface area contributed by atoms with Crippen molar-refractivity contribution in [2.45, 2.75) is 142 Å². The zero-order valence-corrected chi connectivity index (χ0v) is 55.0. The first-order valence-corrected chi connectivity index (χ1v) is 33.7. The topological polar surface area (TPSA) is 249 Å². The number of primary amides is 1. The van der Waals surface area contributed by atoms with Crippen LogP contribution in [0.15, 0.2) is 121 Å². The highest BCUT2D eigenvalue weighted by Crippen LogP contribution is 2.15. The number of nitrogens with one attached hydrogen (secondary N) is 1. The summed E-state index contributed by atoms with van der Waals surface area (Å²) in [6.07, 6.45) is 18.3. The van der Waals surface area contributed by atoms with E-state index in [1.54, 1.807) is 0 Å². The van der Waals surface area contributed by atoms with Crippen molar-refractivity contribution >= 4 is 47.3 Å². The van der Waals surface area contributed by atoms with Crippen LogP contribution in [0.25, 0.3) is 0 Å². The highest BCUT2D eigenvalue weighted by Gasteiger charge is 2.31. The third-order valence-electron chi connectivity index (χ3n) is 16.4. The fourth-order valence-corrected chi connectivity index (χ4v) is 10.9. The Labute approximate surface area is 543 Å². The predicted molar refractivity (Wildman–Crippen MR) is 362 cm³/mol. The highest BCUT2D eigenvalue weighted by atomic mass is 16.2. The Morgan fingerprint density at radius 3 is 0.835 bits per heavy atom. The Morgan fingerprint density at radius 1 is 0.308 bits per heavy atom. The van der Waals surface area contributed by atoms with Crippen LogP contribution in [0.3, 0.4) is 0 Å². The van der Waals surface area contributed by atoms with Gasteiger partial charge in [-0.2, -0.15) is 0 Å². The number of carbonyl (C=O) groups is 8. The maximum Gasteiger partial charge on any atom is 0.242 e. The number of amides is 8. The van der Waals surface area contributed by atoms with Gasteiger partial charge in [-0.1, -0.05) is 225 Å². The van der Waals surface area contributed by atoms with Crippen LogP contribution in [0.4, 0.5) is 0 Å². The quantitative estimate of drug-likeness (QED) is 0.0327. The third kappa shape index (κ3) is 32.4. The maximum atomic E-state index is 15.1. The molecule has 0 aliphatic rings. The van der Waals surface area contributed by atoms with Gasteiger partial charge < -0.3 is 56.8 Å². The molecule has 91 heavy (non-hydrogen) atoms. The molecule has 0 aliphatic carbocycles. The van der Waals surface area contributed by atoms with Gasteiger partial charge in [0.05, 0.1) is 52.4 Å². The first kappa shape index (κ1) is 76.0. The first-order chi connectivity index (χ1) is 44.2. The van der Waals surface area contributed by atoms with Crippen molar-refractivity contribution in [1.82, 2.24) is 39.6 Å². The standard InChI is InChI=1S/C72H109N11O8/c1-3-5-7-9-11-13-15-29-46-77(54-65(75)84)67(86)55-78(47-30-16-14-12-10-8-6-4-2)68(87)57-80(49-40-62-33-23-18-24-34-62)70(89)58-81(50-41-63-35-25-19-26-36-63)71(90)60-83(52-44-74)72(91)59-82(51-42-64-37-27-20-28-38-64)69(88)56-79(66(85)53-76-45-43-73)48-39-61-31-21-17-22-32-61/h17-28,31-38,76H,3-16,29-30,39-60,73-74H2,1-2H3,(H2,75,84). The van der Waals surface area contributed by atoms with E-state index >= 15 is 4.79 Å². The smallest absolute Gasteiger partial charge is 0.242 e. The summed E-state index contributed by atoms with van der Waals surface area (Å²) in [6.45, 7) is 3.64. The lowest BCUT2D eigenvalue weighted by molar-refractivity contribution is -0.148. The summed E-state index contributed by atoms with van der Waals surface area (Å²) in [6, 6.07) is 38.3. The molecule has 0 atom stereocenters. The molecule has 0 aromatic heterocycles. The van der Waals surface area contributed by atoms with Gasteiger partial charge >= 0.3 is 0 Å². The second kappa shape index (κ2) is 46.6. The van der Waals surface area contributed by atoms with Crippen LogP contribution in [-0.2, 0) is 64.0 Å². The summed E-state index contributed by atoms with van der Waals surface area (Å²) in [5.41, 5.74) is 21.3. The Morgan fingerprint density at radius 2 is 0.560 bits per heavy atom. The summed E-state index contributed by atoms with van der Waals surface area (Å²) < 4.78 is 0.